The molecule has 5 rings (SSSR count). The Bertz CT molecular complexity index is 1530. The number of hydrogen-bond acceptors (Lipinski definition) is 7. The summed E-state index contributed by atoms with van der Waals surface area (Å²) in [4.78, 5) is 35.6. The fraction of sp³-hybridized carbons (Fsp3) is 0.433. The van der Waals surface area contributed by atoms with Crippen LogP contribution in [-0.2, 0) is 19.6 Å². The van der Waals surface area contributed by atoms with Crippen molar-refractivity contribution in [3.05, 3.63) is 65.4 Å². The summed E-state index contributed by atoms with van der Waals surface area (Å²) >= 11 is 5.04. The summed E-state index contributed by atoms with van der Waals surface area (Å²) in [6.45, 7) is 5.58. The van der Waals surface area contributed by atoms with Crippen molar-refractivity contribution in [1.29, 1.82) is 0 Å². The van der Waals surface area contributed by atoms with E-state index in [0.29, 0.717) is 12.8 Å². The molecule has 1 N–H and O–H groups in total. The van der Waals surface area contributed by atoms with Crippen LogP contribution in [0, 0.1) is 5.92 Å². The lowest BCUT2D eigenvalue weighted by molar-refractivity contribution is -0.146. The van der Waals surface area contributed by atoms with Crippen molar-refractivity contribution >= 4 is 66.0 Å². The molecule has 2 unspecified atom stereocenters. The average molecular weight is 675 g/mol. The van der Waals surface area contributed by atoms with Gasteiger partial charge in [0.05, 0.1) is 10.3 Å². The molecular formula is C30H36BrN5O4S2. The van der Waals surface area contributed by atoms with Gasteiger partial charge in [-0.15, -0.1) is 11.8 Å². The smallest absolute Gasteiger partial charge is 0.245 e. The molecule has 0 radical (unpaired) electrons. The van der Waals surface area contributed by atoms with E-state index in [1.165, 1.54) is 4.31 Å². The molecule has 1 aromatic heterocycles. The number of aromatic nitrogens is 1. The first-order valence-corrected chi connectivity index (χ1v) is 17.5. The zero-order valence-electron chi connectivity index (χ0n) is 23.8. The van der Waals surface area contributed by atoms with E-state index in [1.807, 2.05) is 44.2 Å². The molecule has 0 aliphatic carbocycles. The number of halogens is 1. The second kappa shape index (κ2) is 13.3. The zero-order chi connectivity index (χ0) is 29.9. The quantitative estimate of drug-likeness (QED) is 0.355. The van der Waals surface area contributed by atoms with Crippen LogP contribution in [0.1, 0.15) is 26.7 Å². The number of piperazine rings is 1. The van der Waals surface area contributed by atoms with Gasteiger partial charge in [-0.05, 0) is 72.7 Å². The molecule has 2 aromatic carbocycles. The Kier molecular flexibility index (Phi) is 9.76. The minimum Gasteiger partial charge on any atom is -0.371 e. The number of nitrogens with one attached hydrogen (secondary N) is 1. The van der Waals surface area contributed by atoms with Crippen LogP contribution in [-0.4, -0.2) is 84.3 Å². The number of hydrogen-bond donors (Lipinski definition) is 1. The van der Waals surface area contributed by atoms with Crippen molar-refractivity contribution in [2.75, 3.05) is 43.4 Å². The van der Waals surface area contributed by atoms with Crippen molar-refractivity contribution in [3.63, 3.8) is 0 Å². The summed E-state index contributed by atoms with van der Waals surface area (Å²) in [5, 5.41) is 4.58. The molecule has 2 fully saturated rings. The molecule has 12 heteroatoms. The Morgan fingerprint density at radius 2 is 1.71 bits per heavy atom. The lowest BCUT2D eigenvalue weighted by Crippen LogP contribution is -2.63. The number of carbonyl (C=O) groups excluding carboxylic acids is 2. The summed E-state index contributed by atoms with van der Waals surface area (Å²) in [5.41, 5.74) is 1.08. The van der Waals surface area contributed by atoms with Crippen LogP contribution < -0.4 is 10.2 Å². The molecule has 2 aliphatic heterocycles. The van der Waals surface area contributed by atoms with E-state index in [9.17, 15) is 18.0 Å². The highest BCUT2D eigenvalue weighted by atomic mass is 79.9. The van der Waals surface area contributed by atoms with Crippen molar-refractivity contribution in [3.8, 4) is 0 Å². The van der Waals surface area contributed by atoms with Gasteiger partial charge in [0.25, 0.3) is 0 Å². The number of pyridine rings is 1. The van der Waals surface area contributed by atoms with E-state index in [0.717, 1.165) is 39.8 Å². The number of amides is 2. The lowest BCUT2D eigenvalue weighted by atomic mass is 9.93. The summed E-state index contributed by atoms with van der Waals surface area (Å²) in [6.07, 6.45) is 4.86. The number of sulfonamides is 1. The highest BCUT2D eigenvalue weighted by Gasteiger charge is 2.42. The SMILES string of the molecule is CCSC(C)NC(=O)C1CN(S(=O)(=O)c2ccc3cc(Br)ccc3c2)CCN1C(=O)C1CCN(c2ccncc2)CC1. The standard InChI is InChI=1S/C30H36BrN5O4S2/c1-3-41-21(2)33-29(37)28-20-35(42(39,40)27-7-5-23-18-25(31)6-4-24(23)19-27)16-17-36(28)30(38)22-10-14-34(15-11-22)26-8-12-32-13-9-26/h4-9,12-13,18-19,21-22,28H,3,10-11,14-17,20H2,1-2H3,(H,33,37). The second-order valence-corrected chi connectivity index (χ2v) is 15.1. The molecule has 2 amide bonds. The monoisotopic (exact) mass is 673 g/mol. The molecule has 224 valence electrons. The minimum absolute atomic E-state index is 0.0753. The Balaban J connectivity index is 1.34. The molecule has 42 heavy (non-hydrogen) atoms. The summed E-state index contributed by atoms with van der Waals surface area (Å²) in [7, 11) is -3.89. The van der Waals surface area contributed by atoms with Crippen LogP contribution in [0.5, 0.6) is 0 Å². The molecular weight excluding hydrogens is 638 g/mol. The molecule has 3 heterocycles. The number of nitrogens with zero attached hydrogens (tertiary/aromatic N) is 4. The Labute approximate surface area is 260 Å². The van der Waals surface area contributed by atoms with Crippen LogP contribution in [0.3, 0.4) is 0 Å². The normalized spacial score (nSPS) is 19.5. The number of piperidine rings is 1. The van der Waals surface area contributed by atoms with Gasteiger partial charge in [0.15, 0.2) is 0 Å². The summed E-state index contributed by atoms with van der Waals surface area (Å²) in [6, 6.07) is 13.8. The molecule has 0 saturated carbocycles. The summed E-state index contributed by atoms with van der Waals surface area (Å²) < 4.78 is 29.9. The molecule has 9 nitrogen and oxygen atoms in total. The maximum atomic E-state index is 13.9. The molecule has 2 saturated heterocycles. The predicted octanol–water partition coefficient (Wildman–Crippen LogP) is 4.33. The highest BCUT2D eigenvalue weighted by molar-refractivity contribution is 9.10. The van der Waals surface area contributed by atoms with Gasteiger partial charge in [-0.2, -0.15) is 4.31 Å². The van der Waals surface area contributed by atoms with Crippen LogP contribution in [0.15, 0.2) is 70.3 Å². The van der Waals surface area contributed by atoms with Gasteiger partial charge in [-0.3, -0.25) is 14.6 Å². The first-order chi connectivity index (χ1) is 20.2. The van der Waals surface area contributed by atoms with E-state index in [4.69, 9.17) is 0 Å². The minimum atomic E-state index is -3.89. The largest absolute Gasteiger partial charge is 0.371 e. The van der Waals surface area contributed by atoms with Crippen molar-refractivity contribution in [1.82, 2.24) is 19.5 Å². The maximum Gasteiger partial charge on any atom is 0.245 e. The van der Waals surface area contributed by atoms with E-state index >= 15 is 0 Å². The molecule has 2 atom stereocenters. The van der Waals surface area contributed by atoms with E-state index in [1.54, 1.807) is 47.3 Å². The number of carbonyl (C=O) groups is 2. The van der Waals surface area contributed by atoms with Gasteiger partial charge in [0.1, 0.15) is 6.04 Å². The average Bonchev–Trinajstić information content (AvgIpc) is 3.00. The Morgan fingerprint density at radius 1 is 1.02 bits per heavy atom. The van der Waals surface area contributed by atoms with Gasteiger partial charge in [0.2, 0.25) is 21.8 Å². The third kappa shape index (κ3) is 6.77. The van der Waals surface area contributed by atoms with Crippen LogP contribution in [0.4, 0.5) is 5.69 Å². The maximum absolute atomic E-state index is 13.9. The van der Waals surface area contributed by atoms with Gasteiger partial charge in [0, 0.05) is 61.2 Å². The third-order valence-corrected chi connectivity index (χ3v) is 11.3. The third-order valence-electron chi connectivity index (χ3n) is 7.97. The number of benzene rings is 2. The van der Waals surface area contributed by atoms with Gasteiger partial charge < -0.3 is 15.1 Å². The highest BCUT2D eigenvalue weighted by Crippen LogP contribution is 2.29. The van der Waals surface area contributed by atoms with Crippen LogP contribution in [0.25, 0.3) is 10.8 Å². The lowest BCUT2D eigenvalue weighted by Gasteiger charge is -2.42. The first-order valence-electron chi connectivity index (χ1n) is 14.2. The first kappa shape index (κ1) is 30.8. The van der Waals surface area contributed by atoms with Gasteiger partial charge in [-0.1, -0.05) is 35.0 Å². The number of fused-ring (bicyclic) bond motifs is 1. The molecule has 0 bridgehead atoms. The number of thioether (sulfide) groups is 1. The fourth-order valence-electron chi connectivity index (χ4n) is 5.73. The van der Waals surface area contributed by atoms with E-state index in [-0.39, 0.29) is 47.6 Å². The topological polar surface area (TPSA) is 103 Å². The molecule has 2 aliphatic rings. The van der Waals surface area contributed by atoms with Crippen LogP contribution in [0.2, 0.25) is 0 Å². The Hall–Kier alpha value is -2.67. The Morgan fingerprint density at radius 3 is 2.43 bits per heavy atom. The second-order valence-electron chi connectivity index (χ2n) is 10.6. The van der Waals surface area contributed by atoms with Crippen LogP contribution >= 0.6 is 27.7 Å². The van der Waals surface area contributed by atoms with Crippen molar-refractivity contribution in [2.45, 2.75) is 43.0 Å². The molecule has 3 aromatic rings. The van der Waals surface area contributed by atoms with Gasteiger partial charge >= 0.3 is 0 Å². The zero-order valence-corrected chi connectivity index (χ0v) is 27.0. The van der Waals surface area contributed by atoms with E-state index in [2.05, 4.69) is 31.1 Å². The predicted molar refractivity (Wildman–Crippen MR) is 171 cm³/mol. The van der Waals surface area contributed by atoms with E-state index < -0.39 is 16.1 Å². The molecule has 0 spiro atoms. The number of rotatable bonds is 8. The number of anilines is 1. The van der Waals surface area contributed by atoms with Crippen molar-refractivity contribution in [2.24, 2.45) is 5.92 Å². The van der Waals surface area contributed by atoms with Crippen molar-refractivity contribution < 1.29 is 18.0 Å². The van der Waals surface area contributed by atoms with Gasteiger partial charge in [-0.25, -0.2) is 8.42 Å². The fourth-order valence-corrected chi connectivity index (χ4v) is 8.28. The summed E-state index contributed by atoms with van der Waals surface area (Å²) in [5.74, 6) is 0.204.